The van der Waals surface area contributed by atoms with Crippen molar-refractivity contribution in [1.29, 1.82) is 0 Å². The van der Waals surface area contributed by atoms with Gasteiger partial charge < -0.3 is 18.9 Å². The van der Waals surface area contributed by atoms with Crippen LogP contribution in [0, 0.1) is 0 Å². The second-order valence-electron chi connectivity index (χ2n) is 3.59. The van der Waals surface area contributed by atoms with Crippen LogP contribution in [0.2, 0.25) is 0 Å². The second kappa shape index (κ2) is 10.7. The lowest BCUT2D eigenvalue weighted by Gasteiger charge is -2.09. The summed E-state index contributed by atoms with van der Waals surface area (Å²) in [6, 6.07) is 4.67. The van der Waals surface area contributed by atoms with Crippen molar-refractivity contribution in [1.82, 2.24) is 0 Å². The number of benzene rings is 1. The smallest absolute Gasteiger partial charge is 0.482 e. The molecule has 1 aromatic rings. The normalized spacial score (nSPS) is 10.0. The average molecular weight is 403 g/mol. The van der Waals surface area contributed by atoms with Crippen LogP contribution in [0.5, 0.6) is 11.5 Å². The number of alkyl halides is 4. The zero-order chi connectivity index (χ0) is 17.9. The SMILES string of the molecule is COC(=O)CBr.COC(=O)COc1ccc(OC(F)(F)F)cc1. The first-order chi connectivity index (χ1) is 10.7. The number of ether oxygens (including phenoxy) is 4. The van der Waals surface area contributed by atoms with Gasteiger partial charge in [-0.3, -0.25) is 4.79 Å². The van der Waals surface area contributed by atoms with Crippen molar-refractivity contribution in [2.45, 2.75) is 6.36 Å². The standard InChI is InChI=1S/C10H9F3O4.C3H5BrO2/c1-15-9(14)6-16-7-2-4-8(5-3-7)17-10(11,12)13;1-6-3(5)2-4/h2-5H,6H2,1H3;2H2,1H3. The third kappa shape index (κ3) is 11.3. The third-order valence-corrected chi connectivity index (χ3v) is 2.44. The maximum Gasteiger partial charge on any atom is 0.573 e. The minimum absolute atomic E-state index is 0.241. The summed E-state index contributed by atoms with van der Waals surface area (Å²) < 4.78 is 52.6. The number of carbonyl (C=O) groups excluding carboxylic acids is 2. The Kier molecular flexibility index (Phi) is 9.79. The van der Waals surface area contributed by atoms with E-state index < -0.39 is 12.3 Å². The highest BCUT2D eigenvalue weighted by Crippen LogP contribution is 2.24. The molecule has 0 amide bonds. The quantitative estimate of drug-likeness (QED) is 0.556. The van der Waals surface area contributed by atoms with Gasteiger partial charge in [0, 0.05) is 0 Å². The molecule has 6 nitrogen and oxygen atoms in total. The number of hydrogen-bond donors (Lipinski definition) is 0. The van der Waals surface area contributed by atoms with E-state index >= 15 is 0 Å². The molecule has 130 valence electrons. The van der Waals surface area contributed by atoms with Gasteiger partial charge in [-0.05, 0) is 24.3 Å². The fourth-order valence-corrected chi connectivity index (χ4v) is 1.22. The molecule has 1 rings (SSSR count). The van der Waals surface area contributed by atoms with E-state index in [0.717, 1.165) is 12.1 Å². The highest BCUT2D eigenvalue weighted by Gasteiger charge is 2.30. The van der Waals surface area contributed by atoms with Crippen LogP contribution in [0.15, 0.2) is 24.3 Å². The Morgan fingerprint density at radius 1 is 1.00 bits per heavy atom. The number of esters is 2. The van der Waals surface area contributed by atoms with E-state index in [4.69, 9.17) is 4.74 Å². The molecule has 0 unspecified atom stereocenters. The number of halogens is 4. The van der Waals surface area contributed by atoms with Crippen LogP contribution in [0.25, 0.3) is 0 Å². The Bertz CT molecular complexity index is 483. The van der Waals surface area contributed by atoms with Gasteiger partial charge in [0.2, 0.25) is 0 Å². The number of methoxy groups -OCH3 is 2. The Morgan fingerprint density at radius 2 is 1.48 bits per heavy atom. The van der Waals surface area contributed by atoms with Crippen LogP contribution < -0.4 is 9.47 Å². The van der Waals surface area contributed by atoms with Gasteiger partial charge in [-0.15, -0.1) is 13.2 Å². The molecule has 0 atom stereocenters. The van der Waals surface area contributed by atoms with Crippen LogP contribution in [0.4, 0.5) is 13.2 Å². The molecule has 0 aliphatic carbocycles. The predicted molar refractivity (Wildman–Crippen MR) is 76.4 cm³/mol. The summed E-state index contributed by atoms with van der Waals surface area (Å²) in [6.07, 6.45) is -4.73. The van der Waals surface area contributed by atoms with Gasteiger partial charge in [-0.25, -0.2) is 4.79 Å². The first kappa shape index (κ1) is 21.0. The van der Waals surface area contributed by atoms with E-state index in [1.165, 1.54) is 26.4 Å². The molecule has 0 radical (unpaired) electrons. The van der Waals surface area contributed by atoms with Crippen molar-refractivity contribution < 1.29 is 41.7 Å². The summed E-state index contributed by atoms with van der Waals surface area (Å²) in [5.41, 5.74) is 0. The van der Waals surface area contributed by atoms with Gasteiger partial charge in [-0.2, -0.15) is 0 Å². The highest BCUT2D eigenvalue weighted by molar-refractivity contribution is 9.09. The van der Waals surface area contributed by atoms with Crippen molar-refractivity contribution >= 4 is 27.9 Å². The van der Waals surface area contributed by atoms with Gasteiger partial charge >= 0.3 is 18.3 Å². The summed E-state index contributed by atoms with van der Waals surface area (Å²) in [5, 5.41) is 0.281. The highest BCUT2D eigenvalue weighted by atomic mass is 79.9. The lowest BCUT2D eigenvalue weighted by Crippen LogP contribution is -2.17. The molecule has 0 aromatic heterocycles. The van der Waals surface area contributed by atoms with Gasteiger partial charge in [0.1, 0.15) is 16.8 Å². The number of carbonyl (C=O) groups is 2. The molecule has 23 heavy (non-hydrogen) atoms. The molecule has 0 saturated heterocycles. The predicted octanol–water partition coefficient (Wildman–Crippen LogP) is 2.69. The van der Waals surface area contributed by atoms with Crippen LogP contribution >= 0.6 is 15.9 Å². The van der Waals surface area contributed by atoms with Crippen molar-refractivity contribution in [3.8, 4) is 11.5 Å². The fraction of sp³-hybridized carbons (Fsp3) is 0.385. The van der Waals surface area contributed by atoms with Gasteiger partial charge in [-0.1, -0.05) is 15.9 Å². The minimum atomic E-state index is -4.73. The summed E-state index contributed by atoms with van der Waals surface area (Å²) in [7, 11) is 2.55. The monoisotopic (exact) mass is 402 g/mol. The Morgan fingerprint density at radius 3 is 1.83 bits per heavy atom. The molecule has 0 heterocycles. The van der Waals surface area contributed by atoms with E-state index in [1.54, 1.807) is 0 Å². The van der Waals surface area contributed by atoms with Crippen LogP contribution in [-0.2, 0) is 19.1 Å². The van der Waals surface area contributed by atoms with Gasteiger partial charge in [0.05, 0.1) is 14.2 Å². The average Bonchev–Trinajstić information content (AvgIpc) is 2.52. The maximum absolute atomic E-state index is 11.8. The zero-order valence-electron chi connectivity index (χ0n) is 12.2. The van der Waals surface area contributed by atoms with E-state index in [-0.39, 0.29) is 29.4 Å². The molecule has 0 aliphatic heterocycles. The minimum Gasteiger partial charge on any atom is -0.482 e. The van der Waals surface area contributed by atoms with E-state index in [9.17, 15) is 22.8 Å². The van der Waals surface area contributed by atoms with Crippen LogP contribution in [0.1, 0.15) is 0 Å². The van der Waals surface area contributed by atoms with E-state index in [1.807, 2.05) is 0 Å². The van der Waals surface area contributed by atoms with Crippen LogP contribution in [-0.4, -0.2) is 44.5 Å². The molecule has 0 fully saturated rings. The van der Waals surface area contributed by atoms with Crippen molar-refractivity contribution in [3.63, 3.8) is 0 Å². The molecule has 0 spiro atoms. The van der Waals surface area contributed by atoms with Crippen molar-refractivity contribution in [2.24, 2.45) is 0 Å². The third-order valence-electron chi connectivity index (χ3n) is 1.98. The number of hydrogen-bond acceptors (Lipinski definition) is 6. The fourth-order valence-electron chi connectivity index (χ4n) is 0.993. The first-order valence-electron chi connectivity index (χ1n) is 5.90. The molecule has 0 saturated carbocycles. The molecule has 0 aliphatic rings. The lowest BCUT2D eigenvalue weighted by molar-refractivity contribution is -0.274. The van der Waals surface area contributed by atoms with Gasteiger partial charge in [0.25, 0.3) is 0 Å². The van der Waals surface area contributed by atoms with E-state index in [2.05, 4.69) is 30.1 Å². The van der Waals surface area contributed by atoms with Gasteiger partial charge in [0.15, 0.2) is 6.61 Å². The molecular formula is C13H14BrF3O6. The molecular weight excluding hydrogens is 389 g/mol. The van der Waals surface area contributed by atoms with Crippen molar-refractivity contribution in [2.75, 3.05) is 26.2 Å². The topological polar surface area (TPSA) is 71.1 Å². The molecule has 10 heteroatoms. The first-order valence-corrected chi connectivity index (χ1v) is 7.02. The maximum atomic E-state index is 11.8. The largest absolute Gasteiger partial charge is 0.573 e. The molecule has 0 N–H and O–H groups in total. The van der Waals surface area contributed by atoms with E-state index in [0.29, 0.717) is 0 Å². The molecule has 0 bridgehead atoms. The van der Waals surface area contributed by atoms with Crippen molar-refractivity contribution in [3.05, 3.63) is 24.3 Å². The zero-order valence-corrected chi connectivity index (χ0v) is 13.8. The summed E-state index contributed by atoms with van der Waals surface area (Å²) in [5.74, 6) is -0.941. The molecule has 1 aromatic carbocycles. The lowest BCUT2D eigenvalue weighted by atomic mass is 10.3. The summed E-state index contributed by atoms with van der Waals surface area (Å²) >= 11 is 2.90. The Labute approximate surface area is 138 Å². The summed E-state index contributed by atoms with van der Waals surface area (Å²) in [6.45, 7) is -0.310. The Hall–Kier alpha value is -1.97. The Balaban J connectivity index is 0.000000688. The summed E-state index contributed by atoms with van der Waals surface area (Å²) in [4.78, 5) is 20.6. The second-order valence-corrected chi connectivity index (χ2v) is 4.15. The number of rotatable bonds is 5. The van der Waals surface area contributed by atoms with Crippen LogP contribution in [0.3, 0.4) is 0 Å².